The Morgan fingerprint density at radius 2 is 2.29 bits per heavy atom. The van der Waals surface area contributed by atoms with Gasteiger partial charge in [0.1, 0.15) is 5.58 Å². The van der Waals surface area contributed by atoms with Gasteiger partial charge in [-0.15, -0.1) is 0 Å². The molecule has 2 N–H and O–H groups in total. The largest absolute Gasteiger partial charge is 0.451 e. The molecule has 1 heterocycles. The predicted octanol–water partition coefficient (Wildman–Crippen LogP) is 2.12. The highest BCUT2D eigenvalue weighted by molar-refractivity contribution is 6.31. The number of carbonyl (C=O) groups excluding carboxylic acids is 1. The minimum atomic E-state index is -0.330. The minimum Gasteiger partial charge on any atom is -0.451 e. The molecular weight excluding hydrogens is 242 g/mol. The van der Waals surface area contributed by atoms with Crippen molar-refractivity contribution in [1.82, 2.24) is 5.32 Å². The molecule has 4 nitrogen and oxygen atoms in total. The van der Waals surface area contributed by atoms with Crippen molar-refractivity contribution < 1.29 is 14.3 Å². The molecule has 5 heteroatoms. The Morgan fingerprint density at radius 1 is 1.53 bits per heavy atom. The van der Waals surface area contributed by atoms with Crippen LogP contribution in [0.4, 0.5) is 0 Å². The second kappa shape index (κ2) is 4.77. The number of hydrogen-bond acceptors (Lipinski definition) is 3. The van der Waals surface area contributed by atoms with Crippen LogP contribution in [0.3, 0.4) is 0 Å². The van der Waals surface area contributed by atoms with Gasteiger partial charge in [-0.25, -0.2) is 0 Å². The fourth-order valence-electron chi connectivity index (χ4n) is 1.66. The molecule has 17 heavy (non-hydrogen) atoms. The number of furan rings is 1. The lowest BCUT2D eigenvalue weighted by molar-refractivity contribution is 0.0918. The molecule has 0 saturated carbocycles. The van der Waals surface area contributed by atoms with Crippen molar-refractivity contribution in [2.45, 2.75) is 6.92 Å². The number of fused-ring (bicyclic) bond motifs is 1. The molecule has 2 aromatic rings. The summed E-state index contributed by atoms with van der Waals surface area (Å²) in [7, 11) is 0. The quantitative estimate of drug-likeness (QED) is 0.881. The lowest BCUT2D eigenvalue weighted by Crippen LogP contribution is -2.26. The third-order valence-corrected chi connectivity index (χ3v) is 2.74. The number of hydrogen-bond donors (Lipinski definition) is 2. The van der Waals surface area contributed by atoms with Gasteiger partial charge in [-0.1, -0.05) is 11.6 Å². The minimum absolute atomic E-state index is 0.100. The molecule has 1 amide bonds. The summed E-state index contributed by atoms with van der Waals surface area (Å²) in [6, 6.07) is 5.20. The Hall–Kier alpha value is -1.52. The molecular formula is C12H12ClNO3. The van der Waals surface area contributed by atoms with E-state index in [9.17, 15) is 4.79 Å². The molecule has 0 aliphatic rings. The van der Waals surface area contributed by atoms with Crippen LogP contribution in [0.1, 0.15) is 16.1 Å². The number of halogens is 1. The van der Waals surface area contributed by atoms with Crippen molar-refractivity contribution in [3.8, 4) is 0 Å². The molecule has 0 aliphatic carbocycles. The number of aliphatic hydroxyl groups excluding tert-OH is 1. The number of nitrogens with one attached hydrogen (secondary N) is 1. The van der Waals surface area contributed by atoms with Crippen molar-refractivity contribution in [2.75, 3.05) is 13.2 Å². The Morgan fingerprint density at radius 3 is 3.00 bits per heavy atom. The van der Waals surface area contributed by atoms with Gasteiger partial charge < -0.3 is 14.8 Å². The smallest absolute Gasteiger partial charge is 0.287 e. The van der Waals surface area contributed by atoms with Gasteiger partial charge in [0.25, 0.3) is 5.91 Å². The van der Waals surface area contributed by atoms with Gasteiger partial charge >= 0.3 is 0 Å². The van der Waals surface area contributed by atoms with E-state index < -0.39 is 0 Å². The van der Waals surface area contributed by atoms with Crippen LogP contribution >= 0.6 is 11.6 Å². The number of carbonyl (C=O) groups is 1. The summed E-state index contributed by atoms with van der Waals surface area (Å²) in [5.41, 5.74) is 1.37. The zero-order valence-electron chi connectivity index (χ0n) is 9.29. The normalized spacial score (nSPS) is 10.8. The first-order valence-corrected chi connectivity index (χ1v) is 5.59. The molecule has 2 rings (SSSR count). The number of amides is 1. The summed E-state index contributed by atoms with van der Waals surface area (Å²) in [6.07, 6.45) is 0. The summed E-state index contributed by atoms with van der Waals surface area (Å²) >= 11 is 5.89. The van der Waals surface area contributed by atoms with Crippen LogP contribution in [-0.4, -0.2) is 24.2 Å². The molecule has 90 valence electrons. The van der Waals surface area contributed by atoms with Gasteiger partial charge in [-0.3, -0.25) is 4.79 Å². The average molecular weight is 254 g/mol. The Labute approximate surface area is 103 Å². The third-order valence-electron chi connectivity index (χ3n) is 2.50. The van der Waals surface area contributed by atoms with Crippen LogP contribution in [0.25, 0.3) is 11.0 Å². The first kappa shape index (κ1) is 12.0. The molecule has 0 atom stereocenters. The maximum absolute atomic E-state index is 11.7. The Balaban J connectivity index is 2.42. The highest BCUT2D eigenvalue weighted by Crippen LogP contribution is 2.27. The van der Waals surface area contributed by atoms with E-state index in [1.807, 2.05) is 0 Å². The maximum atomic E-state index is 11.7. The van der Waals surface area contributed by atoms with Gasteiger partial charge in [-0.2, -0.15) is 0 Å². The van der Waals surface area contributed by atoms with Crippen LogP contribution in [0.5, 0.6) is 0 Å². The van der Waals surface area contributed by atoms with E-state index in [2.05, 4.69) is 5.32 Å². The standard InChI is InChI=1S/C12H12ClNO3/c1-7-9-6-8(13)2-3-10(9)17-11(7)12(16)14-4-5-15/h2-3,6,15H,4-5H2,1H3,(H,14,16). The number of rotatable bonds is 3. The summed E-state index contributed by atoms with van der Waals surface area (Å²) in [5, 5.41) is 12.6. The van der Waals surface area contributed by atoms with Crippen molar-refractivity contribution in [1.29, 1.82) is 0 Å². The molecule has 0 saturated heterocycles. The predicted molar refractivity (Wildman–Crippen MR) is 65.4 cm³/mol. The summed E-state index contributed by atoms with van der Waals surface area (Å²) in [6.45, 7) is 1.91. The van der Waals surface area contributed by atoms with Crippen molar-refractivity contribution in [2.24, 2.45) is 0 Å². The average Bonchev–Trinajstić information content (AvgIpc) is 2.64. The van der Waals surface area contributed by atoms with E-state index >= 15 is 0 Å². The van der Waals surface area contributed by atoms with E-state index in [-0.39, 0.29) is 24.8 Å². The number of benzene rings is 1. The van der Waals surface area contributed by atoms with E-state index in [1.165, 1.54) is 0 Å². The molecule has 0 aliphatic heterocycles. The second-order valence-corrected chi connectivity index (χ2v) is 4.11. The lowest BCUT2D eigenvalue weighted by Gasteiger charge is -2.00. The van der Waals surface area contributed by atoms with Crippen LogP contribution < -0.4 is 5.32 Å². The molecule has 1 aromatic carbocycles. The summed E-state index contributed by atoms with van der Waals surface area (Å²) < 4.78 is 5.46. The zero-order chi connectivity index (χ0) is 12.4. The van der Waals surface area contributed by atoms with Crippen molar-refractivity contribution in [3.63, 3.8) is 0 Å². The Kier molecular flexibility index (Phi) is 3.36. The van der Waals surface area contributed by atoms with Crippen LogP contribution in [0.15, 0.2) is 22.6 Å². The highest BCUT2D eigenvalue weighted by Gasteiger charge is 2.17. The third kappa shape index (κ3) is 2.28. The maximum Gasteiger partial charge on any atom is 0.287 e. The highest BCUT2D eigenvalue weighted by atomic mass is 35.5. The summed E-state index contributed by atoms with van der Waals surface area (Å²) in [4.78, 5) is 11.7. The van der Waals surface area contributed by atoms with Gasteiger partial charge in [0.05, 0.1) is 6.61 Å². The van der Waals surface area contributed by atoms with E-state index in [1.54, 1.807) is 25.1 Å². The topological polar surface area (TPSA) is 62.5 Å². The van der Waals surface area contributed by atoms with E-state index in [0.29, 0.717) is 10.6 Å². The summed E-state index contributed by atoms with van der Waals surface area (Å²) in [5.74, 6) is -0.0698. The fraction of sp³-hybridized carbons (Fsp3) is 0.250. The first-order chi connectivity index (χ1) is 8.13. The van der Waals surface area contributed by atoms with Crippen LogP contribution in [0, 0.1) is 6.92 Å². The van der Waals surface area contributed by atoms with E-state index in [0.717, 1.165) is 10.9 Å². The monoisotopic (exact) mass is 253 g/mol. The van der Waals surface area contributed by atoms with Gasteiger partial charge in [0.15, 0.2) is 5.76 Å². The molecule has 0 spiro atoms. The van der Waals surface area contributed by atoms with Gasteiger partial charge in [0, 0.05) is 22.5 Å². The van der Waals surface area contributed by atoms with Crippen molar-refractivity contribution in [3.05, 3.63) is 34.5 Å². The lowest BCUT2D eigenvalue weighted by atomic mass is 10.1. The zero-order valence-corrected chi connectivity index (χ0v) is 10.0. The molecule has 0 radical (unpaired) electrons. The molecule has 0 bridgehead atoms. The van der Waals surface area contributed by atoms with Crippen LogP contribution in [0.2, 0.25) is 5.02 Å². The second-order valence-electron chi connectivity index (χ2n) is 3.68. The molecule has 0 unspecified atom stereocenters. The molecule has 0 fully saturated rings. The Bertz CT molecular complexity index is 562. The first-order valence-electron chi connectivity index (χ1n) is 5.21. The fourth-order valence-corrected chi connectivity index (χ4v) is 1.83. The van der Waals surface area contributed by atoms with Gasteiger partial charge in [0.2, 0.25) is 0 Å². The van der Waals surface area contributed by atoms with Crippen LogP contribution in [-0.2, 0) is 0 Å². The van der Waals surface area contributed by atoms with Crippen molar-refractivity contribution >= 4 is 28.5 Å². The molecule has 1 aromatic heterocycles. The SMILES string of the molecule is Cc1c(C(=O)NCCO)oc2ccc(Cl)cc12. The van der Waals surface area contributed by atoms with E-state index in [4.69, 9.17) is 21.1 Å². The number of aryl methyl sites for hydroxylation is 1. The van der Waals surface area contributed by atoms with Gasteiger partial charge in [-0.05, 0) is 25.1 Å². The number of aliphatic hydroxyl groups is 1.